The summed E-state index contributed by atoms with van der Waals surface area (Å²) in [4.78, 5) is 0.380. The van der Waals surface area contributed by atoms with Crippen molar-refractivity contribution >= 4 is 21.8 Å². The number of benzene rings is 3. The Morgan fingerprint density at radius 2 is 1.72 bits per heavy atom. The maximum absolute atomic E-state index is 13.5. The van der Waals surface area contributed by atoms with Crippen LogP contribution in [0.2, 0.25) is 0 Å². The normalized spacial score (nSPS) is 18.4. The minimum Gasteiger partial charge on any atom is -0.497 e. The average Bonchev–Trinajstić information content (AvgIpc) is 3.38. The van der Waals surface area contributed by atoms with E-state index in [0.29, 0.717) is 11.4 Å². The molecule has 148 valence electrons. The van der Waals surface area contributed by atoms with E-state index >= 15 is 0 Å². The summed E-state index contributed by atoms with van der Waals surface area (Å²) in [7, 11) is -1.95. The Kier molecular flexibility index (Phi) is 4.65. The Morgan fingerprint density at radius 3 is 2.52 bits per heavy atom. The third-order valence-electron chi connectivity index (χ3n) is 5.62. The predicted molar refractivity (Wildman–Crippen MR) is 117 cm³/mol. The fraction of sp³-hybridized carbons (Fsp3) is 0.217. The van der Waals surface area contributed by atoms with Gasteiger partial charge in [-0.1, -0.05) is 42.5 Å². The van der Waals surface area contributed by atoms with Crippen LogP contribution in [0.15, 0.2) is 71.6 Å². The first-order chi connectivity index (χ1) is 14.1. The molecule has 2 aliphatic rings. The van der Waals surface area contributed by atoms with Gasteiger partial charge in [0, 0.05) is 12.3 Å². The van der Waals surface area contributed by atoms with Crippen molar-refractivity contribution in [1.82, 2.24) is 4.31 Å². The van der Waals surface area contributed by atoms with Gasteiger partial charge in [-0.25, -0.2) is 8.42 Å². The first-order valence-electron chi connectivity index (χ1n) is 9.56. The second kappa shape index (κ2) is 7.20. The fourth-order valence-corrected chi connectivity index (χ4v) is 7.44. The molecule has 1 aliphatic heterocycles. The molecule has 3 aromatic rings. The smallest absolute Gasteiger partial charge is 0.244 e. The van der Waals surface area contributed by atoms with Crippen molar-refractivity contribution in [2.45, 2.75) is 16.7 Å². The van der Waals surface area contributed by atoms with Gasteiger partial charge in [-0.2, -0.15) is 4.31 Å². The molecule has 29 heavy (non-hydrogen) atoms. The summed E-state index contributed by atoms with van der Waals surface area (Å²) in [6.07, 6.45) is 0.783. The van der Waals surface area contributed by atoms with Crippen LogP contribution >= 0.6 is 11.8 Å². The van der Waals surface area contributed by atoms with Crippen LogP contribution in [0.1, 0.15) is 22.1 Å². The molecule has 1 fully saturated rings. The van der Waals surface area contributed by atoms with Crippen molar-refractivity contribution in [3.05, 3.63) is 83.4 Å². The van der Waals surface area contributed by atoms with E-state index in [-0.39, 0.29) is 5.37 Å². The highest BCUT2D eigenvalue weighted by atomic mass is 32.2. The first-order valence-corrected chi connectivity index (χ1v) is 12.1. The van der Waals surface area contributed by atoms with Crippen LogP contribution in [0.3, 0.4) is 0 Å². The highest BCUT2D eigenvalue weighted by molar-refractivity contribution is 8.01. The number of hydrogen-bond donors (Lipinski definition) is 0. The molecule has 1 heterocycles. The zero-order valence-corrected chi connectivity index (χ0v) is 17.7. The second-order valence-corrected chi connectivity index (χ2v) is 10.3. The van der Waals surface area contributed by atoms with Crippen molar-refractivity contribution in [1.29, 1.82) is 0 Å². The Labute approximate surface area is 175 Å². The van der Waals surface area contributed by atoms with Crippen LogP contribution in [-0.2, 0) is 16.4 Å². The molecule has 4 nitrogen and oxygen atoms in total. The monoisotopic (exact) mass is 423 g/mol. The molecule has 0 unspecified atom stereocenters. The lowest BCUT2D eigenvalue weighted by Crippen LogP contribution is -2.30. The second-order valence-electron chi connectivity index (χ2n) is 7.26. The number of sulfonamides is 1. The summed E-state index contributed by atoms with van der Waals surface area (Å²) in [5.74, 6) is 1.55. The van der Waals surface area contributed by atoms with Crippen LogP contribution in [0.25, 0.3) is 11.1 Å². The van der Waals surface area contributed by atoms with E-state index in [0.717, 1.165) is 34.6 Å². The van der Waals surface area contributed by atoms with E-state index in [9.17, 15) is 8.42 Å². The zero-order valence-electron chi connectivity index (χ0n) is 16.0. The van der Waals surface area contributed by atoms with Gasteiger partial charge in [0.05, 0.1) is 17.4 Å². The van der Waals surface area contributed by atoms with Crippen LogP contribution < -0.4 is 4.74 Å². The summed E-state index contributed by atoms with van der Waals surface area (Å²) in [5, 5.41) is -0.212. The molecule has 6 heteroatoms. The van der Waals surface area contributed by atoms with E-state index in [1.54, 1.807) is 29.2 Å². The number of rotatable bonds is 4. The lowest BCUT2D eigenvalue weighted by atomic mass is 10.1. The van der Waals surface area contributed by atoms with E-state index in [2.05, 4.69) is 12.1 Å². The van der Waals surface area contributed by atoms with Gasteiger partial charge in [0.2, 0.25) is 10.0 Å². The van der Waals surface area contributed by atoms with E-state index in [1.807, 2.05) is 48.5 Å². The van der Waals surface area contributed by atoms with Crippen molar-refractivity contribution in [3.8, 4) is 16.9 Å². The highest BCUT2D eigenvalue weighted by Gasteiger charge is 2.37. The third kappa shape index (κ3) is 3.16. The average molecular weight is 424 g/mol. The Morgan fingerprint density at radius 1 is 0.966 bits per heavy atom. The molecule has 1 atom stereocenters. The number of thioether (sulfide) groups is 1. The third-order valence-corrected chi connectivity index (χ3v) is 8.88. The van der Waals surface area contributed by atoms with Gasteiger partial charge in [-0.15, -0.1) is 11.8 Å². The summed E-state index contributed by atoms with van der Waals surface area (Å²) in [6.45, 7) is 0.515. The topological polar surface area (TPSA) is 46.6 Å². The molecule has 0 saturated carbocycles. The van der Waals surface area contributed by atoms with E-state index in [1.165, 1.54) is 11.1 Å². The maximum Gasteiger partial charge on any atom is 0.244 e. The number of hydrogen-bond acceptors (Lipinski definition) is 4. The molecule has 0 spiro atoms. The Bertz CT molecular complexity index is 1170. The largest absolute Gasteiger partial charge is 0.497 e. The SMILES string of the molecule is COc1ccc([C@H]2SCCN2S(=O)(=O)c2ccc3c(c2)Cc2ccccc2-3)cc1. The van der Waals surface area contributed by atoms with Gasteiger partial charge in [0.1, 0.15) is 5.75 Å². The van der Waals surface area contributed by atoms with Crippen LogP contribution in [0.5, 0.6) is 5.75 Å². The van der Waals surface area contributed by atoms with Gasteiger partial charge < -0.3 is 4.74 Å². The minimum absolute atomic E-state index is 0.212. The van der Waals surface area contributed by atoms with Crippen LogP contribution in [0.4, 0.5) is 0 Å². The lowest BCUT2D eigenvalue weighted by Gasteiger charge is -2.24. The van der Waals surface area contributed by atoms with E-state index in [4.69, 9.17) is 4.74 Å². The molecule has 0 N–H and O–H groups in total. The van der Waals surface area contributed by atoms with Crippen molar-refractivity contribution in [2.75, 3.05) is 19.4 Å². The molecular weight excluding hydrogens is 402 g/mol. The summed E-state index contributed by atoms with van der Waals surface area (Å²) in [6, 6.07) is 21.5. The van der Waals surface area contributed by atoms with Crippen molar-refractivity contribution in [2.24, 2.45) is 0 Å². The highest BCUT2D eigenvalue weighted by Crippen LogP contribution is 2.43. The predicted octanol–water partition coefficient (Wildman–Crippen LogP) is 4.70. The minimum atomic E-state index is -3.58. The molecule has 1 saturated heterocycles. The maximum atomic E-state index is 13.5. The molecule has 0 bridgehead atoms. The Balaban J connectivity index is 1.48. The lowest BCUT2D eigenvalue weighted by molar-refractivity contribution is 0.413. The molecule has 0 amide bonds. The standard InChI is InChI=1S/C23H21NO3S2/c1-27-19-8-6-16(7-9-19)23-24(12-13-28-23)29(25,26)20-10-11-22-18(15-20)14-17-4-2-3-5-21(17)22/h2-11,15,23H,12-14H2,1H3/t23-/m1/s1. The number of methoxy groups -OCH3 is 1. The molecule has 1 aliphatic carbocycles. The first kappa shape index (κ1) is 18.7. The summed E-state index contributed by atoms with van der Waals surface area (Å²) >= 11 is 1.66. The van der Waals surface area contributed by atoms with Gasteiger partial charge in [0.25, 0.3) is 0 Å². The molecule has 0 aromatic heterocycles. The van der Waals surface area contributed by atoms with E-state index < -0.39 is 10.0 Å². The molecule has 5 rings (SSSR count). The number of ether oxygens (including phenoxy) is 1. The van der Waals surface area contributed by atoms with Gasteiger partial charge >= 0.3 is 0 Å². The fourth-order valence-electron chi connectivity index (χ4n) is 4.15. The van der Waals surface area contributed by atoms with Crippen molar-refractivity contribution < 1.29 is 13.2 Å². The van der Waals surface area contributed by atoms with Gasteiger partial charge in [-0.3, -0.25) is 0 Å². The summed E-state index contributed by atoms with van der Waals surface area (Å²) in [5.41, 5.74) is 5.66. The van der Waals surface area contributed by atoms with Crippen molar-refractivity contribution in [3.63, 3.8) is 0 Å². The number of nitrogens with zero attached hydrogens (tertiary/aromatic N) is 1. The molecule has 0 radical (unpaired) electrons. The summed E-state index contributed by atoms with van der Waals surface area (Å²) < 4.78 is 33.9. The van der Waals surface area contributed by atoms with Crippen LogP contribution in [-0.4, -0.2) is 32.1 Å². The molecule has 3 aromatic carbocycles. The van der Waals surface area contributed by atoms with Gasteiger partial charge in [0.15, 0.2) is 0 Å². The molecular formula is C23H21NO3S2. The Hall–Kier alpha value is -2.28. The van der Waals surface area contributed by atoms with Crippen LogP contribution in [0, 0.1) is 0 Å². The quantitative estimate of drug-likeness (QED) is 0.477. The zero-order chi connectivity index (χ0) is 20.0. The number of fused-ring (bicyclic) bond motifs is 3. The van der Waals surface area contributed by atoms with Gasteiger partial charge in [-0.05, 0) is 58.5 Å².